The highest BCUT2D eigenvalue weighted by Crippen LogP contribution is 2.45. The van der Waals surface area contributed by atoms with E-state index in [2.05, 4.69) is 0 Å². The molecule has 6 rings (SSSR count). The summed E-state index contributed by atoms with van der Waals surface area (Å²) in [5.74, 6) is 3.45. The first-order valence-electron chi connectivity index (χ1n) is 10.2. The summed E-state index contributed by atoms with van der Waals surface area (Å²) in [6, 6.07) is 0.856. The van der Waals surface area contributed by atoms with E-state index in [0.717, 1.165) is 29.7 Å². The van der Waals surface area contributed by atoms with Gasteiger partial charge < -0.3 is 23.8 Å². The molecule has 0 aromatic rings. The number of nitrogens with one attached hydrogen (secondary N) is 1. The Morgan fingerprint density at radius 2 is 1.25 bits per heavy atom. The minimum absolute atomic E-state index is 0.380. The topological polar surface area (TPSA) is 41.4 Å². The van der Waals surface area contributed by atoms with Gasteiger partial charge in [0.1, 0.15) is 13.6 Å². The van der Waals surface area contributed by atoms with Crippen LogP contribution >= 0.6 is 0 Å². The molecule has 0 aromatic carbocycles. The van der Waals surface area contributed by atoms with Crippen molar-refractivity contribution in [2.45, 2.75) is 69.0 Å². The van der Waals surface area contributed by atoms with E-state index in [-0.39, 0.29) is 0 Å². The van der Waals surface area contributed by atoms with E-state index < -0.39 is 0 Å². The third-order valence-corrected chi connectivity index (χ3v) is 8.30. The molecule has 0 bridgehead atoms. The highest BCUT2D eigenvalue weighted by Gasteiger charge is 2.54. The maximum Gasteiger partial charge on any atom is 0.147 e. The van der Waals surface area contributed by atoms with Crippen LogP contribution in [0.1, 0.15) is 38.5 Å². The lowest BCUT2D eigenvalue weighted by atomic mass is 9.62. The number of hydrogen-bond donors (Lipinski definition) is 1. The third-order valence-electron chi connectivity index (χ3n) is 8.30. The van der Waals surface area contributed by atoms with Crippen molar-refractivity contribution in [1.82, 2.24) is 0 Å². The van der Waals surface area contributed by atoms with Gasteiger partial charge in [-0.3, -0.25) is 0 Å². The molecule has 4 saturated heterocycles. The molecule has 5 nitrogen and oxygen atoms in total. The fourth-order valence-electron chi connectivity index (χ4n) is 7.13. The lowest BCUT2D eigenvalue weighted by molar-refractivity contribution is -0.947. The van der Waals surface area contributed by atoms with Crippen LogP contribution in [-0.2, 0) is 18.9 Å². The molecule has 2 saturated carbocycles. The first-order chi connectivity index (χ1) is 11.8. The molecule has 24 heavy (non-hydrogen) atoms. The van der Waals surface area contributed by atoms with Gasteiger partial charge in [0.05, 0.1) is 43.5 Å². The Bertz CT molecular complexity index is 498. The van der Waals surface area contributed by atoms with Crippen molar-refractivity contribution in [3.05, 3.63) is 0 Å². The molecule has 4 aliphatic heterocycles. The summed E-state index contributed by atoms with van der Waals surface area (Å²) < 4.78 is 23.3. The second-order valence-electron chi connectivity index (χ2n) is 9.19. The second-order valence-corrected chi connectivity index (χ2v) is 9.19. The molecular weight excluding hydrogens is 306 g/mol. The van der Waals surface area contributed by atoms with E-state index in [1.807, 2.05) is 4.90 Å². The van der Waals surface area contributed by atoms with E-state index in [0.29, 0.717) is 38.0 Å². The van der Waals surface area contributed by atoms with Gasteiger partial charge in [0.15, 0.2) is 0 Å². The van der Waals surface area contributed by atoms with Crippen molar-refractivity contribution in [2.75, 3.05) is 26.7 Å². The number of ether oxygens (including phenoxy) is 4. The monoisotopic (exact) mass is 336 g/mol. The minimum Gasteiger partial charge on any atom is -0.349 e. The van der Waals surface area contributed by atoms with Crippen LogP contribution in [0.15, 0.2) is 0 Å². The molecular formula is C19H30NO4+. The van der Waals surface area contributed by atoms with Crippen LogP contribution in [0.25, 0.3) is 0 Å². The predicted octanol–water partition coefficient (Wildman–Crippen LogP) is 0.583. The Hall–Kier alpha value is -0.200. The highest BCUT2D eigenvalue weighted by atomic mass is 16.7. The van der Waals surface area contributed by atoms with Crippen molar-refractivity contribution in [3.63, 3.8) is 0 Å². The van der Waals surface area contributed by atoms with E-state index in [1.54, 1.807) is 0 Å². The quantitative estimate of drug-likeness (QED) is 0.703. The molecule has 0 aromatic heterocycles. The van der Waals surface area contributed by atoms with E-state index >= 15 is 0 Å². The standard InChI is InChI=1S/C19H29NO4/c1-2-20-8-13-6-18-17(22-9-23-18)5-12(13)3-15(20)14-7-19-16(4-11(1)14)21-10-24-19/h11-19H,1-10H2/p+1. The maximum atomic E-state index is 5.88. The molecule has 4 heterocycles. The fraction of sp³-hybridized carbons (Fsp3) is 1.00. The molecule has 0 spiro atoms. The molecule has 6 aliphatic rings. The number of rotatable bonds is 0. The van der Waals surface area contributed by atoms with Crippen LogP contribution in [0.2, 0.25) is 0 Å². The zero-order valence-electron chi connectivity index (χ0n) is 14.4. The van der Waals surface area contributed by atoms with Crippen LogP contribution < -0.4 is 4.90 Å². The summed E-state index contributed by atoms with van der Waals surface area (Å²) in [6.07, 6.45) is 9.31. The molecule has 1 N–H and O–H groups in total. The molecule has 10 unspecified atom stereocenters. The normalized spacial score (nSPS) is 59.0. The van der Waals surface area contributed by atoms with Crippen LogP contribution in [0.4, 0.5) is 0 Å². The summed E-state index contributed by atoms with van der Waals surface area (Å²) in [4.78, 5) is 1.90. The van der Waals surface area contributed by atoms with Crippen LogP contribution in [-0.4, -0.2) is 57.1 Å². The van der Waals surface area contributed by atoms with E-state index in [1.165, 1.54) is 51.6 Å². The second kappa shape index (κ2) is 5.65. The summed E-state index contributed by atoms with van der Waals surface area (Å²) in [5, 5.41) is 0. The van der Waals surface area contributed by atoms with Crippen molar-refractivity contribution in [1.29, 1.82) is 0 Å². The Labute approximate surface area is 143 Å². The SMILES string of the molecule is C1OC2CC3CC4C5CC6OCOC6CC5CC[NH+]4CC3CC2O1. The van der Waals surface area contributed by atoms with Gasteiger partial charge in [0.25, 0.3) is 0 Å². The van der Waals surface area contributed by atoms with E-state index in [4.69, 9.17) is 18.9 Å². The summed E-state index contributed by atoms with van der Waals surface area (Å²) in [5.41, 5.74) is 0. The molecule has 0 amide bonds. The summed E-state index contributed by atoms with van der Waals surface area (Å²) >= 11 is 0. The Morgan fingerprint density at radius 1 is 0.625 bits per heavy atom. The summed E-state index contributed by atoms with van der Waals surface area (Å²) in [6.45, 7) is 3.80. The largest absolute Gasteiger partial charge is 0.349 e. The number of hydrogen-bond acceptors (Lipinski definition) is 4. The van der Waals surface area contributed by atoms with Gasteiger partial charge in [0.2, 0.25) is 0 Å². The van der Waals surface area contributed by atoms with Gasteiger partial charge in [-0.25, -0.2) is 0 Å². The van der Waals surface area contributed by atoms with Gasteiger partial charge >= 0.3 is 0 Å². The van der Waals surface area contributed by atoms with Crippen molar-refractivity contribution in [3.8, 4) is 0 Å². The Balaban J connectivity index is 1.21. The zero-order chi connectivity index (χ0) is 15.7. The van der Waals surface area contributed by atoms with E-state index in [9.17, 15) is 0 Å². The highest BCUT2D eigenvalue weighted by molar-refractivity contribution is 4.98. The van der Waals surface area contributed by atoms with Crippen LogP contribution in [0.5, 0.6) is 0 Å². The number of fused-ring (bicyclic) bond motifs is 6. The average molecular weight is 336 g/mol. The summed E-state index contributed by atoms with van der Waals surface area (Å²) in [7, 11) is 0. The molecule has 5 heteroatoms. The number of piperidine rings is 2. The average Bonchev–Trinajstić information content (AvgIpc) is 3.24. The first kappa shape index (κ1) is 14.9. The van der Waals surface area contributed by atoms with Gasteiger partial charge in [0, 0.05) is 18.3 Å². The molecule has 134 valence electrons. The molecule has 0 radical (unpaired) electrons. The lowest BCUT2D eigenvalue weighted by Crippen LogP contribution is -3.19. The fourth-order valence-corrected chi connectivity index (χ4v) is 7.13. The van der Waals surface area contributed by atoms with Crippen LogP contribution in [0, 0.1) is 23.7 Å². The first-order valence-corrected chi connectivity index (χ1v) is 10.2. The van der Waals surface area contributed by atoms with Crippen molar-refractivity contribution >= 4 is 0 Å². The lowest BCUT2D eigenvalue weighted by Gasteiger charge is -2.53. The van der Waals surface area contributed by atoms with Crippen molar-refractivity contribution in [2.24, 2.45) is 23.7 Å². The molecule has 2 aliphatic carbocycles. The molecule has 6 fully saturated rings. The minimum atomic E-state index is 0.380. The smallest absolute Gasteiger partial charge is 0.147 e. The van der Waals surface area contributed by atoms with Gasteiger partial charge in [-0.15, -0.1) is 0 Å². The van der Waals surface area contributed by atoms with Gasteiger partial charge in [-0.2, -0.15) is 0 Å². The van der Waals surface area contributed by atoms with Crippen molar-refractivity contribution < 1.29 is 23.8 Å². The maximum absolute atomic E-state index is 5.88. The van der Waals surface area contributed by atoms with Crippen LogP contribution in [0.3, 0.4) is 0 Å². The van der Waals surface area contributed by atoms with Gasteiger partial charge in [-0.05, 0) is 43.9 Å². The Kier molecular flexibility index (Phi) is 3.51. The predicted molar refractivity (Wildman–Crippen MR) is 85.4 cm³/mol. The zero-order valence-corrected chi connectivity index (χ0v) is 14.4. The molecule has 10 atom stereocenters. The third kappa shape index (κ3) is 2.25. The Morgan fingerprint density at radius 3 is 2.00 bits per heavy atom. The van der Waals surface area contributed by atoms with Gasteiger partial charge in [-0.1, -0.05) is 0 Å². The number of quaternary nitrogens is 1.